The van der Waals surface area contributed by atoms with Gasteiger partial charge < -0.3 is 19.5 Å². The van der Waals surface area contributed by atoms with Gasteiger partial charge in [-0.2, -0.15) is 0 Å². The van der Waals surface area contributed by atoms with Gasteiger partial charge in [0, 0.05) is 7.11 Å². The Kier molecular flexibility index (Phi) is 7.67. The van der Waals surface area contributed by atoms with Crippen molar-refractivity contribution in [2.24, 2.45) is 0 Å². The first-order chi connectivity index (χ1) is 12.9. The second-order valence-corrected chi connectivity index (χ2v) is 7.42. The van der Waals surface area contributed by atoms with E-state index in [2.05, 4.69) is 5.32 Å². The minimum atomic E-state index is -0.450. The molecule has 2 aromatic carbocycles. The quantitative estimate of drug-likeness (QED) is 0.750. The van der Waals surface area contributed by atoms with Crippen LogP contribution >= 0.6 is 0 Å². The molecular formula is C22H29NO4. The molecule has 0 bridgehead atoms. The average molecular weight is 371 g/mol. The van der Waals surface area contributed by atoms with Gasteiger partial charge >= 0.3 is 6.09 Å². The molecule has 1 N–H and O–H groups in total. The van der Waals surface area contributed by atoms with E-state index in [1.807, 2.05) is 75.4 Å². The first-order valence-electron chi connectivity index (χ1n) is 9.10. The molecule has 5 heteroatoms. The van der Waals surface area contributed by atoms with Crippen LogP contribution in [0, 0.1) is 0 Å². The van der Waals surface area contributed by atoms with Crippen molar-refractivity contribution in [2.75, 3.05) is 13.7 Å². The maximum absolute atomic E-state index is 12.1. The summed E-state index contributed by atoms with van der Waals surface area (Å²) in [4.78, 5) is 12.1. The number of benzene rings is 2. The average Bonchev–Trinajstić information content (AvgIpc) is 2.61. The van der Waals surface area contributed by atoms with Gasteiger partial charge in [0.1, 0.15) is 18.0 Å². The Labute approximate surface area is 161 Å². The van der Waals surface area contributed by atoms with E-state index in [0.717, 1.165) is 16.9 Å². The van der Waals surface area contributed by atoms with Crippen molar-refractivity contribution in [3.63, 3.8) is 0 Å². The number of methoxy groups -OCH3 is 1. The lowest BCUT2D eigenvalue weighted by Gasteiger charge is -2.22. The van der Waals surface area contributed by atoms with Gasteiger partial charge in [0.2, 0.25) is 0 Å². The van der Waals surface area contributed by atoms with E-state index in [0.29, 0.717) is 13.0 Å². The maximum atomic E-state index is 12.1. The van der Waals surface area contributed by atoms with Gasteiger partial charge in [0.25, 0.3) is 0 Å². The molecule has 0 aliphatic rings. The van der Waals surface area contributed by atoms with Crippen LogP contribution in [-0.2, 0) is 22.5 Å². The van der Waals surface area contributed by atoms with Crippen LogP contribution in [0.5, 0.6) is 5.75 Å². The molecule has 0 radical (unpaired) electrons. The number of ether oxygens (including phenoxy) is 3. The van der Waals surface area contributed by atoms with E-state index in [-0.39, 0.29) is 18.2 Å². The van der Waals surface area contributed by atoms with Crippen LogP contribution in [-0.4, -0.2) is 31.5 Å². The molecule has 2 aromatic rings. The summed E-state index contributed by atoms with van der Waals surface area (Å²) in [5.74, 6) is 0.824. The van der Waals surface area contributed by atoms with Crippen LogP contribution < -0.4 is 10.1 Å². The molecule has 0 aliphatic heterocycles. The number of nitrogens with one attached hydrogen (secondary N) is 1. The maximum Gasteiger partial charge on any atom is 0.407 e. The molecule has 0 spiro atoms. The van der Waals surface area contributed by atoms with Gasteiger partial charge in [-0.05, 0) is 50.5 Å². The van der Waals surface area contributed by atoms with Gasteiger partial charge in [-0.15, -0.1) is 0 Å². The molecule has 1 atom stereocenters. The molecular weight excluding hydrogens is 342 g/mol. The third-order valence-corrected chi connectivity index (χ3v) is 3.73. The molecule has 0 fully saturated rings. The van der Waals surface area contributed by atoms with E-state index in [1.54, 1.807) is 7.11 Å². The standard InChI is InChI=1S/C22H29NO4/c1-22(2,3)27-20-12-10-17(11-13-20)14-19(16-25-4)23-21(24)26-15-18-8-6-5-7-9-18/h5-13,19H,14-16H2,1-4H3,(H,23,24)/t19-/m0/s1. The van der Waals surface area contributed by atoms with E-state index in [4.69, 9.17) is 14.2 Å². The second kappa shape index (κ2) is 9.97. The fraction of sp³-hybridized carbons (Fsp3) is 0.409. The zero-order valence-electron chi connectivity index (χ0n) is 16.5. The van der Waals surface area contributed by atoms with Crippen LogP contribution in [0.15, 0.2) is 54.6 Å². The van der Waals surface area contributed by atoms with E-state index >= 15 is 0 Å². The van der Waals surface area contributed by atoms with Gasteiger partial charge in [-0.1, -0.05) is 42.5 Å². The predicted molar refractivity (Wildman–Crippen MR) is 106 cm³/mol. The highest BCUT2D eigenvalue weighted by molar-refractivity contribution is 5.67. The van der Waals surface area contributed by atoms with Crippen molar-refractivity contribution in [1.29, 1.82) is 0 Å². The third kappa shape index (κ3) is 8.13. The molecule has 2 rings (SSSR count). The molecule has 0 saturated carbocycles. The molecule has 0 saturated heterocycles. The molecule has 0 heterocycles. The highest BCUT2D eigenvalue weighted by atomic mass is 16.5. The molecule has 5 nitrogen and oxygen atoms in total. The number of carbonyl (C=O) groups is 1. The second-order valence-electron chi connectivity index (χ2n) is 7.42. The smallest absolute Gasteiger partial charge is 0.407 e. The lowest BCUT2D eigenvalue weighted by Crippen LogP contribution is -2.39. The first kappa shape index (κ1) is 20.8. The van der Waals surface area contributed by atoms with E-state index < -0.39 is 6.09 Å². The van der Waals surface area contributed by atoms with Crippen LogP contribution in [0.25, 0.3) is 0 Å². The van der Waals surface area contributed by atoms with Crippen LogP contribution in [0.4, 0.5) is 4.79 Å². The molecule has 146 valence electrons. The van der Waals surface area contributed by atoms with Crippen molar-refractivity contribution in [3.8, 4) is 5.75 Å². The summed E-state index contributed by atoms with van der Waals surface area (Å²) in [7, 11) is 1.62. The number of hydrogen-bond donors (Lipinski definition) is 1. The number of hydrogen-bond acceptors (Lipinski definition) is 4. The number of carbonyl (C=O) groups excluding carboxylic acids is 1. The predicted octanol–water partition coefficient (Wildman–Crippen LogP) is 4.35. The number of alkyl carbamates (subject to hydrolysis) is 1. The van der Waals surface area contributed by atoms with Gasteiger partial charge in [0.15, 0.2) is 0 Å². The van der Waals surface area contributed by atoms with Crippen molar-refractivity contribution < 1.29 is 19.0 Å². The van der Waals surface area contributed by atoms with Crippen LogP contribution in [0.1, 0.15) is 31.9 Å². The minimum absolute atomic E-state index is 0.173. The van der Waals surface area contributed by atoms with Crippen molar-refractivity contribution >= 4 is 6.09 Å². The zero-order valence-corrected chi connectivity index (χ0v) is 16.5. The number of amides is 1. The molecule has 1 amide bonds. The Balaban J connectivity index is 1.87. The van der Waals surface area contributed by atoms with Crippen molar-refractivity contribution in [3.05, 3.63) is 65.7 Å². The highest BCUT2D eigenvalue weighted by Crippen LogP contribution is 2.19. The summed E-state index contributed by atoms with van der Waals surface area (Å²) in [6, 6.07) is 17.3. The summed E-state index contributed by atoms with van der Waals surface area (Å²) in [6.45, 7) is 6.69. The summed E-state index contributed by atoms with van der Waals surface area (Å²) in [6.07, 6.45) is 0.193. The van der Waals surface area contributed by atoms with Crippen molar-refractivity contribution in [2.45, 2.75) is 45.4 Å². The summed E-state index contributed by atoms with van der Waals surface area (Å²) >= 11 is 0. The fourth-order valence-corrected chi connectivity index (χ4v) is 2.62. The Bertz CT molecular complexity index is 693. The van der Waals surface area contributed by atoms with Crippen LogP contribution in [0.2, 0.25) is 0 Å². The molecule has 27 heavy (non-hydrogen) atoms. The molecule has 0 aliphatic carbocycles. The minimum Gasteiger partial charge on any atom is -0.488 e. The Morgan fingerprint density at radius 3 is 2.26 bits per heavy atom. The van der Waals surface area contributed by atoms with Crippen LogP contribution in [0.3, 0.4) is 0 Å². The molecule has 0 unspecified atom stereocenters. The summed E-state index contributed by atoms with van der Waals surface area (Å²) < 4.78 is 16.4. The Morgan fingerprint density at radius 2 is 1.67 bits per heavy atom. The van der Waals surface area contributed by atoms with E-state index in [9.17, 15) is 4.79 Å². The first-order valence-corrected chi connectivity index (χ1v) is 9.10. The normalized spacial score (nSPS) is 12.3. The fourth-order valence-electron chi connectivity index (χ4n) is 2.62. The molecule has 0 aromatic heterocycles. The van der Waals surface area contributed by atoms with E-state index in [1.165, 1.54) is 0 Å². The topological polar surface area (TPSA) is 56.8 Å². The van der Waals surface area contributed by atoms with Gasteiger partial charge in [-0.3, -0.25) is 0 Å². The third-order valence-electron chi connectivity index (χ3n) is 3.73. The largest absolute Gasteiger partial charge is 0.488 e. The monoisotopic (exact) mass is 371 g/mol. The Morgan fingerprint density at radius 1 is 1.00 bits per heavy atom. The summed E-state index contributed by atoms with van der Waals surface area (Å²) in [5, 5.41) is 2.87. The lowest BCUT2D eigenvalue weighted by atomic mass is 10.1. The SMILES string of the molecule is COC[C@H](Cc1ccc(OC(C)(C)C)cc1)NC(=O)OCc1ccccc1. The highest BCUT2D eigenvalue weighted by Gasteiger charge is 2.15. The number of rotatable bonds is 8. The summed E-state index contributed by atoms with van der Waals surface area (Å²) in [5.41, 5.74) is 1.80. The Hall–Kier alpha value is -2.53. The van der Waals surface area contributed by atoms with Crippen molar-refractivity contribution in [1.82, 2.24) is 5.32 Å². The van der Waals surface area contributed by atoms with Gasteiger partial charge in [-0.25, -0.2) is 4.79 Å². The van der Waals surface area contributed by atoms with Gasteiger partial charge in [0.05, 0.1) is 12.6 Å². The lowest BCUT2D eigenvalue weighted by molar-refractivity contribution is 0.120. The zero-order chi connectivity index (χ0) is 19.7.